The molecule has 27 heavy (non-hydrogen) atoms. The third-order valence-electron chi connectivity index (χ3n) is 3.66. The van der Waals surface area contributed by atoms with Crippen molar-refractivity contribution in [2.45, 2.75) is 13.3 Å². The number of rotatable bonds is 9. The summed E-state index contributed by atoms with van der Waals surface area (Å²) in [5.74, 6) is 0.358. The van der Waals surface area contributed by atoms with E-state index in [2.05, 4.69) is 15.9 Å². The van der Waals surface area contributed by atoms with Crippen LogP contribution in [-0.2, 0) is 4.74 Å². The molecule has 0 saturated heterocycles. The second kappa shape index (κ2) is 9.97. The van der Waals surface area contributed by atoms with E-state index >= 15 is 0 Å². The molecular weight excluding hydrogens is 416 g/mol. The lowest BCUT2D eigenvalue weighted by Crippen LogP contribution is -2.15. The normalized spacial score (nSPS) is 10.2. The van der Waals surface area contributed by atoms with Crippen LogP contribution in [0.3, 0.4) is 0 Å². The molecule has 0 aromatic heterocycles. The number of carbonyl (C=O) groups excluding carboxylic acids is 2. The molecule has 144 valence electrons. The van der Waals surface area contributed by atoms with Crippen molar-refractivity contribution in [2.75, 3.05) is 27.4 Å². The van der Waals surface area contributed by atoms with E-state index in [0.29, 0.717) is 33.9 Å². The van der Waals surface area contributed by atoms with Gasteiger partial charge in [0.2, 0.25) is 5.78 Å². The maximum Gasteiger partial charge on any atom is 0.338 e. The van der Waals surface area contributed by atoms with Crippen molar-refractivity contribution in [3.8, 4) is 17.2 Å². The fourth-order valence-electron chi connectivity index (χ4n) is 2.35. The van der Waals surface area contributed by atoms with E-state index < -0.39 is 12.6 Å². The van der Waals surface area contributed by atoms with Crippen LogP contribution in [0.2, 0.25) is 0 Å². The number of halogens is 1. The summed E-state index contributed by atoms with van der Waals surface area (Å²) < 4.78 is 21.8. The van der Waals surface area contributed by atoms with Crippen molar-refractivity contribution in [2.24, 2.45) is 0 Å². The fourth-order valence-corrected chi connectivity index (χ4v) is 2.91. The molecule has 0 radical (unpaired) electrons. The quantitative estimate of drug-likeness (QED) is 0.431. The average molecular weight is 437 g/mol. The molecule has 0 atom stereocenters. The largest absolute Gasteiger partial charge is 0.496 e. The van der Waals surface area contributed by atoms with Gasteiger partial charge in [-0.2, -0.15) is 0 Å². The zero-order chi connectivity index (χ0) is 19.8. The molecule has 2 rings (SSSR count). The van der Waals surface area contributed by atoms with Gasteiger partial charge in [0, 0.05) is 0 Å². The van der Waals surface area contributed by atoms with Crippen LogP contribution in [0.1, 0.15) is 34.1 Å². The zero-order valence-electron chi connectivity index (χ0n) is 15.4. The maximum atomic E-state index is 12.4. The van der Waals surface area contributed by atoms with Crippen molar-refractivity contribution in [1.82, 2.24) is 0 Å². The number of benzene rings is 2. The summed E-state index contributed by atoms with van der Waals surface area (Å²) >= 11 is 3.38. The third kappa shape index (κ3) is 5.23. The van der Waals surface area contributed by atoms with Crippen LogP contribution in [-0.4, -0.2) is 39.2 Å². The van der Waals surface area contributed by atoms with E-state index in [1.165, 1.54) is 20.3 Å². The summed E-state index contributed by atoms with van der Waals surface area (Å²) in [5, 5.41) is 0. The number of esters is 1. The lowest BCUT2D eigenvalue weighted by atomic mass is 10.1. The second-order valence-corrected chi connectivity index (χ2v) is 6.39. The highest BCUT2D eigenvalue weighted by Crippen LogP contribution is 2.37. The molecule has 0 aliphatic rings. The van der Waals surface area contributed by atoms with Gasteiger partial charge in [-0.3, -0.25) is 4.79 Å². The SMILES string of the molecule is CCCOc1c(Br)cc(C(=O)OCC(=O)c2ccccc2OC)cc1OC. The minimum Gasteiger partial charge on any atom is -0.496 e. The van der Waals surface area contributed by atoms with Crippen LogP contribution in [0.15, 0.2) is 40.9 Å². The molecule has 0 fully saturated rings. The number of Topliss-reactive ketones (excluding diaryl/α,β-unsaturated/α-hetero) is 1. The first-order valence-corrected chi connectivity index (χ1v) is 9.14. The van der Waals surface area contributed by atoms with Crippen molar-refractivity contribution in [1.29, 1.82) is 0 Å². The molecule has 0 bridgehead atoms. The molecule has 0 aliphatic carbocycles. The van der Waals surface area contributed by atoms with Gasteiger partial charge in [-0.05, 0) is 46.6 Å². The number of para-hydroxylation sites is 1. The number of ketones is 1. The van der Waals surface area contributed by atoms with Crippen LogP contribution < -0.4 is 14.2 Å². The summed E-state index contributed by atoms with van der Waals surface area (Å²) in [6.45, 7) is 2.12. The van der Waals surface area contributed by atoms with E-state index in [0.717, 1.165) is 6.42 Å². The van der Waals surface area contributed by atoms with Gasteiger partial charge in [0.15, 0.2) is 18.1 Å². The molecule has 2 aromatic carbocycles. The summed E-state index contributed by atoms with van der Waals surface area (Å²) in [7, 11) is 2.96. The Hall–Kier alpha value is -2.54. The third-order valence-corrected chi connectivity index (χ3v) is 4.25. The van der Waals surface area contributed by atoms with Gasteiger partial charge < -0.3 is 18.9 Å². The Bertz CT molecular complexity index is 818. The molecule has 0 saturated carbocycles. The highest BCUT2D eigenvalue weighted by Gasteiger charge is 2.19. The van der Waals surface area contributed by atoms with Crippen molar-refractivity contribution in [3.05, 3.63) is 52.0 Å². The van der Waals surface area contributed by atoms with Gasteiger partial charge in [0.1, 0.15) is 5.75 Å². The first-order valence-electron chi connectivity index (χ1n) is 8.35. The minimum atomic E-state index is -0.640. The van der Waals surface area contributed by atoms with Gasteiger partial charge in [-0.25, -0.2) is 4.79 Å². The molecule has 0 heterocycles. The fraction of sp³-hybridized carbons (Fsp3) is 0.300. The summed E-state index contributed by atoms with van der Waals surface area (Å²) in [5.41, 5.74) is 0.602. The van der Waals surface area contributed by atoms with Crippen LogP contribution in [0.25, 0.3) is 0 Å². The summed E-state index contributed by atoms with van der Waals surface area (Å²) in [6.07, 6.45) is 0.838. The number of carbonyl (C=O) groups is 2. The van der Waals surface area contributed by atoms with Gasteiger partial charge in [0.05, 0.1) is 36.4 Å². The van der Waals surface area contributed by atoms with E-state index in [9.17, 15) is 9.59 Å². The van der Waals surface area contributed by atoms with Crippen molar-refractivity contribution in [3.63, 3.8) is 0 Å². The zero-order valence-corrected chi connectivity index (χ0v) is 17.0. The lowest BCUT2D eigenvalue weighted by Gasteiger charge is -2.14. The smallest absolute Gasteiger partial charge is 0.338 e. The molecule has 0 aliphatic heterocycles. The predicted octanol–water partition coefficient (Wildman–Crippen LogP) is 4.29. The van der Waals surface area contributed by atoms with E-state index in [4.69, 9.17) is 18.9 Å². The highest BCUT2D eigenvalue weighted by molar-refractivity contribution is 9.10. The molecule has 0 amide bonds. The first kappa shape index (κ1) is 20.8. The Morgan fingerprint density at radius 1 is 1.04 bits per heavy atom. The number of ether oxygens (including phenoxy) is 4. The minimum absolute atomic E-state index is 0.246. The molecule has 7 heteroatoms. The molecular formula is C20H21BrO6. The molecule has 0 N–H and O–H groups in total. The Labute approximate surface area is 166 Å². The van der Waals surface area contributed by atoms with Crippen LogP contribution in [0, 0.1) is 0 Å². The van der Waals surface area contributed by atoms with Gasteiger partial charge in [0.25, 0.3) is 0 Å². The first-order chi connectivity index (χ1) is 13.0. The van der Waals surface area contributed by atoms with Gasteiger partial charge in [-0.15, -0.1) is 0 Å². The average Bonchev–Trinajstić information content (AvgIpc) is 2.70. The Morgan fingerprint density at radius 3 is 2.41 bits per heavy atom. The number of hydrogen-bond donors (Lipinski definition) is 0. The van der Waals surface area contributed by atoms with E-state index in [-0.39, 0.29) is 11.3 Å². The number of methoxy groups -OCH3 is 2. The monoisotopic (exact) mass is 436 g/mol. The highest BCUT2D eigenvalue weighted by atomic mass is 79.9. The molecule has 6 nitrogen and oxygen atoms in total. The van der Waals surface area contributed by atoms with E-state index in [1.54, 1.807) is 30.3 Å². The van der Waals surface area contributed by atoms with Crippen LogP contribution in [0.4, 0.5) is 0 Å². The van der Waals surface area contributed by atoms with Gasteiger partial charge >= 0.3 is 5.97 Å². The van der Waals surface area contributed by atoms with Gasteiger partial charge in [-0.1, -0.05) is 19.1 Å². The lowest BCUT2D eigenvalue weighted by molar-refractivity contribution is 0.0473. The topological polar surface area (TPSA) is 71.1 Å². The Morgan fingerprint density at radius 2 is 1.74 bits per heavy atom. The molecule has 2 aromatic rings. The molecule has 0 unspecified atom stereocenters. The summed E-state index contributed by atoms with van der Waals surface area (Å²) in [4.78, 5) is 24.7. The van der Waals surface area contributed by atoms with Crippen LogP contribution >= 0.6 is 15.9 Å². The standard InChI is InChI=1S/C20H21BrO6/c1-4-9-26-19-15(21)10-13(11-18(19)25-3)20(23)27-12-16(22)14-7-5-6-8-17(14)24-2/h5-8,10-11H,4,9,12H2,1-3H3. The second-order valence-electron chi connectivity index (χ2n) is 5.54. The maximum absolute atomic E-state index is 12.4. The van der Waals surface area contributed by atoms with Crippen LogP contribution in [0.5, 0.6) is 17.2 Å². The number of hydrogen-bond acceptors (Lipinski definition) is 6. The Balaban J connectivity index is 2.11. The Kier molecular flexibility index (Phi) is 7.67. The molecule has 0 spiro atoms. The van der Waals surface area contributed by atoms with Crippen molar-refractivity contribution >= 4 is 27.7 Å². The van der Waals surface area contributed by atoms with Crippen molar-refractivity contribution < 1.29 is 28.5 Å². The van der Waals surface area contributed by atoms with E-state index in [1.807, 2.05) is 6.92 Å². The predicted molar refractivity (Wildman–Crippen MR) is 104 cm³/mol. The summed E-state index contributed by atoms with van der Waals surface area (Å²) in [6, 6.07) is 9.86.